The lowest BCUT2D eigenvalue weighted by Gasteiger charge is -2.40. The SMILES string of the molecule is CCCCCCCCCCCCCCCCCCCCCCCCCCCC(O)C(O)C(COC1OC(CO)C(O)C(O)C1O)NC(=O)C(O)CCCCCCCCCCCCC. The number of amides is 1. The molecule has 9 atom stereocenters. The highest BCUT2D eigenvalue weighted by Gasteiger charge is 2.44. The molecule has 1 heterocycles. The second-order valence-corrected chi connectivity index (χ2v) is 19.3. The molecule has 0 spiro atoms. The summed E-state index contributed by atoms with van der Waals surface area (Å²) in [6.07, 6.45) is 34.5. The topological polar surface area (TPSA) is 189 Å². The van der Waals surface area contributed by atoms with Gasteiger partial charge in [-0.15, -0.1) is 0 Å². The van der Waals surface area contributed by atoms with E-state index in [1.807, 2.05) is 0 Å². The van der Waals surface area contributed by atoms with Gasteiger partial charge in [0.25, 0.3) is 0 Å². The van der Waals surface area contributed by atoms with Gasteiger partial charge in [0.05, 0.1) is 25.4 Å². The van der Waals surface area contributed by atoms with Gasteiger partial charge < -0.3 is 50.5 Å². The minimum Gasteiger partial charge on any atom is -0.394 e. The summed E-state index contributed by atoms with van der Waals surface area (Å²) >= 11 is 0. The average molecular weight is 902 g/mol. The van der Waals surface area contributed by atoms with Crippen molar-refractivity contribution in [3.8, 4) is 0 Å². The summed E-state index contributed by atoms with van der Waals surface area (Å²) in [5, 5.41) is 75.8. The minimum absolute atomic E-state index is 0.265. The third kappa shape index (κ3) is 31.7. The molecule has 0 aromatic carbocycles. The highest BCUT2D eigenvalue weighted by Crippen LogP contribution is 2.23. The van der Waals surface area contributed by atoms with E-state index in [0.717, 1.165) is 38.5 Å². The van der Waals surface area contributed by atoms with Crippen molar-refractivity contribution in [1.29, 1.82) is 0 Å². The van der Waals surface area contributed by atoms with Crippen molar-refractivity contribution in [3.05, 3.63) is 0 Å². The second-order valence-electron chi connectivity index (χ2n) is 19.3. The Morgan fingerprint density at radius 3 is 1.17 bits per heavy atom. The molecule has 0 radical (unpaired) electrons. The predicted octanol–water partition coefficient (Wildman–Crippen LogP) is 10.2. The lowest BCUT2D eigenvalue weighted by molar-refractivity contribution is -0.303. The lowest BCUT2D eigenvalue weighted by Crippen LogP contribution is -2.60. The molecule has 63 heavy (non-hydrogen) atoms. The van der Waals surface area contributed by atoms with E-state index < -0.39 is 74.2 Å². The monoisotopic (exact) mass is 902 g/mol. The predicted molar refractivity (Wildman–Crippen MR) is 256 cm³/mol. The number of aliphatic hydroxyl groups excluding tert-OH is 7. The Kier molecular flexibility index (Phi) is 40.5. The molecule has 1 amide bonds. The molecule has 376 valence electrons. The van der Waals surface area contributed by atoms with Crippen LogP contribution in [-0.2, 0) is 14.3 Å². The maximum atomic E-state index is 13.1. The Balaban J connectivity index is 2.28. The first-order valence-electron chi connectivity index (χ1n) is 26.9. The molecule has 11 heteroatoms. The molecule has 11 nitrogen and oxygen atoms in total. The van der Waals surface area contributed by atoms with Crippen LogP contribution in [0.15, 0.2) is 0 Å². The van der Waals surface area contributed by atoms with E-state index in [4.69, 9.17) is 9.47 Å². The van der Waals surface area contributed by atoms with Crippen LogP contribution in [0.4, 0.5) is 0 Å². The van der Waals surface area contributed by atoms with Gasteiger partial charge in [0, 0.05) is 0 Å². The molecule has 1 aliphatic rings. The van der Waals surface area contributed by atoms with Crippen molar-refractivity contribution in [2.45, 2.75) is 313 Å². The van der Waals surface area contributed by atoms with Crippen molar-refractivity contribution < 1.29 is 50.0 Å². The number of hydrogen-bond donors (Lipinski definition) is 8. The van der Waals surface area contributed by atoms with Gasteiger partial charge in [-0.2, -0.15) is 0 Å². The molecule has 1 saturated heterocycles. The van der Waals surface area contributed by atoms with Gasteiger partial charge in [0.1, 0.15) is 36.6 Å². The molecular formula is C52H103NO10. The number of unbranched alkanes of at least 4 members (excludes halogenated alkanes) is 34. The highest BCUT2D eigenvalue weighted by molar-refractivity contribution is 5.80. The fraction of sp³-hybridized carbons (Fsp3) is 0.981. The summed E-state index contributed by atoms with van der Waals surface area (Å²) in [6, 6.07) is -1.16. The normalized spacial score (nSPS) is 21.1. The second kappa shape index (κ2) is 42.5. The van der Waals surface area contributed by atoms with Crippen molar-refractivity contribution in [2.75, 3.05) is 13.2 Å². The highest BCUT2D eigenvalue weighted by atomic mass is 16.7. The molecule has 0 aliphatic carbocycles. The van der Waals surface area contributed by atoms with E-state index in [2.05, 4.69) is 19.2 Å². The first kappa shape index (κ1) is 60.1. The molecule has 1 aliphatic heterocycles. The van der Waals surface area contributed by atoms with Crippen LogP contribution >= 0.6 is 0 Å². The molecule has 0 aromatic heterocycles. The molecule has 0 saturated carbocycles. The zero-order valence-electron chi connectivity index (χ0n) is 40.8. The van der Waals surface area contributed by atoms with Crippen molar-refractivity contribution in [2.24, 2.45) is 0 Å². The van der Waals surface area contributed by atoms with E-state index in [9.17, 15) is 40.5 Å². The zero-order valence-corrected chi connectivity index (χ0v) is 40.8. The van der Waals surface area contributed by atoms with Gasteiger partial charge in [-0.1, -0.05) is 245 Å². The van der Waals surface area contributed by atoms with E-state index in [1.54, 1.807) is 0 Å². The van der Waals surface area contributed by atoms with Gasteiger partial charge in [-0.25, -0.2) is 0 Å². The summed E-state index contributed by atoms with van der Waals surface area (Å²) in [7, 11) is 0. The number of hydrogen-bond acceptors (Lipinski definition) is 10. The van der Waals surface area contributed by atoms with Gasteiger partial charge in [0.2, 0.25) is 5.91 Å². The maximum absolute atomic E-state index is 13.1. The Hall–Kier alpha value is -0.890. The summed E-state index contributed by atoms with van der Waals surface area (Å²) < 4.78 is 11.1. The fourth-order valence-corrected chi connectivity index (χ4v) is 8.97. The van der Waals surface area contributed by atoms with Crippen molar-refractivity contribution in [1.82, 2.24) is 5.32 Å². The molecule has 0 aromatic rings. The van der Waals surface area contributed by atoms with E-state index in [1.165, 1.54) is 180 Å². The summed E-state index contributed by atoms with van der Waals surface area (Å²) in [5.41, 5.74) is 0. The molecule has 0 bridgehead atoms. The van der Waals surface area contributed by atoms with Crippen LogP contribution in [0.3, 0.4) is 0 Å². The largest absolute Gasteiger partial charge is 0.394 e. The van der Waals surface area contributed by atoms with E-state index >= 15 is 0 Å². The Morgan fingerprint density at radius 1 is 0.492 bits per heavy atom. The van der Waals surface area contributed by atoms with Gasteiger partial charge in [0.15, 0.2) is 6.29 Å². The van der Waals surface area contributed by atoms with Crippen LogP contribution in [0.25, 0.3) is 0 Å². The van der Waals surface area contributed by atoms with Crippen LogP contribution in [-0.4, -0.2) is 110 Å². The Labute approximate surface area is 386 Å². The third-order valence-corrected chi connectivity index (χ3v) is 13.4. The van der Waals surface area contributed by atoms with Crippen LogP contribution in [0.2, 0.25) is 0 Å². The minimum atomic E-state index is -1.66. The number of carbonyl (C=O) groups excluding carboxylic acids is 1. The number of aliphatic hydroxyl groups is 7. The lowest BCUT2D eigenvalue weighted by atomic mass is 9.98. The van der Waals surface area contributed by atoms with E-state index in [-0.39, 0.29) is 6.42 Å². The summed E-state index contributed by atoms with van der Waals surface area (Å²) in [5.74, 6) is -0.694. The van der Waals surface area contributed by atoms with E-state index in [0.29, 0.717) is 19.3 Å². The number of rotatable bonds is 46. The molecule has 1 fully saturated rings. The van der Waals surface area contributed by atoms with Gasteiger partial charge in [-0.05, 0) is 12.8 Å². The summed E-state index contributed by atoms with van der Waals surface area (Å²) in [6.45, 7) is 3.46. The maximum Gasteiger partial charge on any atom is 0.249 e. The van der Waals surface area contributed by atoms with Crippen LogP contribution < -0.4 is 5.32 Å². The molecule has 8 N–H and O–H groups in total. The standard InChI is InChI=1S/C52H103NO10/c1-3-5-7-9-11-13-15-16-17-18-19-20-21-22-23-24-25-26-27-28-30-31-33-35-37-39-44(55)47(57)43(42-62-52-50(60)49(59)48(58)46(41-54)63-52)53-51(61)45(56)40-38-36-34-32-29-14-12-10-8-6-4-2/h43-50,52,54-60H,3-42H2,1-2H3,(H,53,61). The average Bonchev–Trinajstić information content (AvgIpc) is 3.28. The number of carbonyl (C=O) groups is 1. The molecule has 9 unspecified atom stereocenters. The smallest absolute Gasteiger partial charge is 0.249 e. The van der Waals surface area contributed by atoms with Crippen LogP contribution in [0.5, 0.6) is 0 Å². The Bertz CT molecular complexity index is 991. The number of nitrogens with one attached hydrogen (secondary N) is 1. The molecular weight excluding hydrogens is 799 g/mol. The van der Waals surface area contributed by atoms with Gasteiger partial charge in [-0.3, -0.25) is 4.79 Å². The van der Waals surface area contributed by atoms with Crippen molar-refractivity contribution in [3.63, 3.8) is 0 Å². The van der Waals surface area contributed by atoms with Crippen LogP contribution in [0, 0.1) is 0 Å². The van der Waals surface area contributed by atoms with Gasteiger partial charge >= 0.3 is 0 Å². The van der Waals surface area contributed by atoms with Crippen molar-refractivity contribution >= 4 is 5.91 Å². The number of ether oxygens (including phenoxy) is 2. The summed E-state index contributed by atoms with van der Waals surface area (Å²) in [4.78, 5) is 13.1. The first-order valence-corrected chi connectivity index (χ1v) is 26.9. The first-order chi connectivity index (χ1) is 30.7. The Morgan fingerprint density at radius 2 is 0.825 bits per heavy atom. The quantitative estimate of drug-likeness (QED) is 0.0273. The zero-order chi connectivity index (χ0) is 46.2. The molecule has 1 rings (SSSR count). The fourth-order valence-electron chi connectivity index (χ4n) is 8.97. The van der Waals surface area contributed by atoms with Crippen LogP contribution in [0.1, 0.15) is 258 Å². The third-order valence-electron chi connectivity index (χ3n) is 13.4.